The van der Waals surface area contributed by atoms with E-state index in [4.69, 9.17) is 4.74 Å². The monoisotopic (exact) mass is 239 g/mol. The summed E-state index contributed by atoms with van der Waals surface area (Å²) in [4.78, 5) is 2.19. The maximum Gasteiger partial charge on any atom is 0.122 e. The summed E-state index contributed by atoms with van der Waals surface area (Å²) >= 11 is 4.23. The summed E-state index contributed by atoms with van der Waals surface area (Å²) in [5, 5.41) is 0. The molecule has 0 unspecified atom stereocenters. The zero-order chi connectivity index (χ0) is 12.0. The Kier molecular flexibility index (Phi) is 5.71. The summed E-state index contributed by atoms with van der Waals surface area (Å²) < 4.78 is 5.52. The van der Waals surface area contributed by atoms with E-state index in [2.05, 4.69) is 49.7 Å². The number of aryl methyl sites for hydroxylation is 1. The number of nitrogens with zero attached hydrogens (tertiary/aromatic N) is 1. The first-order valence-electron chi connectivity index (χ1n) is 5.69. The van der Waals surface area contributed by atoms with Crippen molar-refractivity contribution >= 4 is 12.6 Å². The fraction of sp³-hybridized carbons (Fsp3) is 0.538. The second-order valence-corrected chi connectivity index (χ2v) is 4.29. The van der Waals surface area contributed by atoms with Crippen molar-refractivity contribution in [3.8, 4) is 5.75 Å². The topological polar surface area (TPSA) is 12.5 Å². The van der Waals surface area contributed by atoms with E-state index in [1.54, 1.807) is 0 Å². The van der Waals surface area contributed by atoms with Crippen LogP contribution >= 0.6 is 12.6 Å². The molecule has 2 nitrogen and oxygen atoms in total. The largest absolute Gasteiger partial charge is 0.494 e. The number of rotatable bonds is 6. The van der Waals surface area contributed by atoms with Crippen LogP contribution in [0, 0.1) is 6.92 Å². The van der Waals surface area contributed by atoms with Gasteiger partial charge in [-0.05, 0) is 44.5 Å². The molecule has 0 bridgehead atoms. The third-order valence-electron chi connectivity index (χ3n) is 2.56. The summed E-state index contributed by atoms with van der Waals surface area (Å²) in [6.07, 6.45) is 1.06. The van der Waals surface area contributed by atoms with Crippen molar-refractivity contribution in [2.45, 2.75) is 20.3 Å². The van der Waals surface area contributed by atoms with Crippen molar-refractivity contribution in [1.82, 2.24) is 4.90 Å². The summed E-state index contributed by atoms with van der Waals surface area (Å²) in [5.41, 5.74) is 2.57. The molecule has 0 amide bonds. The summed E-state index contributed by atoms with van der Waals surface area (Å²) in [6, 6.07) is 6.41. The maximum atomic E-state index is 5.52. The van der Waals surface area contributed by atoms with Gasteiger partial charge in [-0.1, -0.05) is 12.1 Å². The van der Waals surface area contributed by atoms with Gasteiger partial charge in [-0.15, -0.1) is 0 Å². The molecule has 3 heteroatoms. The highest BCUT2D eigenvalue weighted by molar-refractivity contribution is 7.80. The van der Waals surface area contributed by atoms with Gasteiger partial charge in [-0.3, -0.25) is 4.90 Å². The Balaban J connectivity index is 2.59. The van der Waals surface area contributed by atoms with Crippen molar-refractivity contribution in [3.05, 3.63) is 29.3 Å². The van der Waals surface area contributed by atoms with E-state index in [0.29, 0.717) is 0 Å². The van der Waals surface area contributed by atoms with Gasteiger partial charge in [-0.25, -0.2) is 0 Å². The van der Waals surface area contributed by atoms with E-state index in [1.165, 1.54) is 11.1 Å². The lowest BCUT2D eigenvalue weighted by atomic mass is 10.1. The van der Waals surface area contributed by atoms with Gasteiger partial charge in [0, 0.05) is 12.4 Å². The van der Waals surface area contributed by atoms with Crippen LogP contribution < -0.4 is 4.74 Å². The minimum absolute atomic E-state index is 0.725. The average Bonchev–Trinajstić information content (AvgIpc) is 2.29. The molecule has 0 aliphatic heterocycles. The molecule has 1 aromatic rings. The molecule has 1 rings (SSSR count). The Bertz CT molecular complexity index is 328. The first-order chi connectivity index (χ1) is 7.67. The molecule has 0 atom stereocenters. The fourth-order valence-corrected chi connectivity index (χ4v) is 1.72. The number of thiol groups is 1. The van der Waals surface area contributed by atoms with E-state index in [-0.39, 0.29) is 0 Å². The first-order valence-corrected chi connectivity index (χ1v) is 6.32. The third-order valence-corrected chi connectivity index (χ3v) is 3.05. The quantitative estimate of drug-likeness (QED) is 0.605. The van der Waals surface area contributed by atoms with E-state index in [1.807, 2.05) is 6.92 Å². The van der Waals surface area contributed by atoms with E-state index in [0.717, 1.165) is 31.2 Å². The second-order valence-electron chi connectivity index (χ2n) is 4.00. The summed E-state index contributed by atoms with van der Waals surface area (Å²) in [7, 11) is 2.08. The highest BCUT2D eigenvalue weighted by Crippen LogP contribution is 2.19. The van der Waals surface area contributed by atoms with Crippen LogP contribution in [-0.4, -0.2) is 31.0 Å². The molecule has 0 radical (unpaired) electrons. The molecule has 0 N–H and O–H groups in total. The van der Waals surface area contributed by atoms with Crippen LogP contribution in [0.1, 0.15) is 18.1 Å². The third kappa shape index (κ3) is 4.06. The van der Waals surface area contributed by atoms with Crippen LogP contribution in [0.3, 0.4) is 0 Å². The van der Waals surface area contributed by atoms with Crippen LogP contribution in [0.15, 0.2) is 18.2 Å². The number of likely N-dealkylation sites (N-methyl/N-ethyl adjacent to an activating group) is 1. The molecule has 90 valence electrons. The van der Waals surface area contributed by atoms with Gasteiger partial charge >= 0.3 is 0 Å². The second kappa shape index (κ2) is 6.81. The lowest BCUT2D eigenvalue weighted by Gasteiger charge is -2.14. The van der Waals surface area contributed by atoms with Gasteiger partial charge in [0.2, 0.25) is 0 Å². The van der Waals surface area contributed by atoms with Gasteiger partial charge < -0.3 is 4.74 Å². The highest BCUT2D eigenvalue weighted by atomic mass is 32.1. The zero-order valence-electron chi connectivity index (χ0n) is 10.4. The van der Waals surface area contributed by atoms with Crippen LogP contribution in [0.4, 0.5) is 0 Å². The average molecular weight is 239 g/mol. The Morgan fingerprint density at radius 1 is 1.38 bits per heavy atom. The Hall–Kier alpha value is -0.670. The maximum absolute atomic E-state index is 5.52. The Labute approximate surface area is 104 Å². The molecular formula is C13H21NOS. The smallest absolute Gasteiger partial charge is 0.122 e. The zero-order valence-corrected chi connectivity index (χ0v) is 11.3. The predicted octanol–water partition coefficient (Wildman–Crippen LogP) is 2.76. The number of benzene rings is 1. The molecule has 0 fully saturated rings. The fourth-order valence-electron chi connectivity index (χ4n) is 1.58. The lowest BCUT2D eigenvalue weighted by molar-refractivity contribution is 0.337. The minimum Gasteiger partial charge on any atom is -0.494 e. The molecule has 0 aliphatic rings. The molecule has 0 saturated heterocycles. The number of hydrogen-bond acceptors (Lipinski definition) is 3. The molecule has 0 aliphatic carbocycles. The van der Waals surface area contributed by atoms with Crippen molar-refractivity contribution < 1.29 is 4.74 Å². The van der Waals surface area contributed by atoms with Crippen molar-refractivity contribution in [1.29, 1.82) is 0 Å². The van der Waals surface area contributed by atoms with E-state index >= 15 is 0 Å². The van der Waals surface area contributed by atoms with Crippen molar-refractivity contribution in [3.63, 3.8) is 0 Å². The molecule has 1 aromatic carbocycles. The van der Waals surface area contributed by atoms with Gasteiger partial charge in [0.25, 0.3) is 0 Å². The Morgan fingerprint density at radius 2 is 2.12 bits per heavy atom. The molecule has 0 aromatic heterocycles. The summed E-state index contributed by atoms with van der Waals surface area (Å²) in [5.74, 6) is 1.80. The standard InChI is InChI=1S/C13H21NOS/c1-4-15-13-6-5-12(9-11(13)2)7-8-14(3)10-16/h5-6,9,16H,4,7-8,10H2,1-3H3. The summed E-state index contributed by atoms with van der Waals surface area (Å²) in [6.45, 7) is 5.87. The molecule has 0 spiro atoms. The minimum atomic E-state index is 0.725. The van der Waals surface area contributed by atoms with Gasteiger partial charge in [0.15, 0.2) is 0 Å². The van der Waals surface area contributed by atoms with E-state index < -0.39 is 0 Å². The van der Waals surface area contributed by atoms with E-state index in [9.17, 15) is 0 Å². The van der Waals surface area contributed by atoms with Crippen LogP contribution in [-0.2, 0) is 6.42 Å². The van der Waals surface area contributed by atoms with Crippen LogP contribution in [0.5, 0.6) is 5.75 Å². The number of hydrogen-bond donors (Lipinski definition) is 1. The molecule has 0 saturated carbocycles. The normalized spacial score (nSPS) is 10.8. The number of ether oxygens (including phenoxy) is 1. The molecule has 0 heterocycles. The first kappa shape index (κ1) is 13.4. The molecule has 16 heavy (non-hydrogen) atoms. The predicted molar refractivity (Wildman–Crippen MR) is 72.5 cm³/mol. The van der Waals surface area contributed by atoms with Gasteiger partial charge in [-0.2, -0.15) is 12.6 Å². The van der Waals surface area contributed by atoms with Gasteiger partial charge in [0.1, 0.15) is 5.75 Å². The van der Waals surface area contributed by atoms with Crippen molar-refractivity contribution in [2.24, 2.45) is 0 Å². The van der Waals surface area contributed by atoms with Crippen LogP contribution in [0.25, 0.3) is 0 Å². The molecular weight excluding hydrogens is 218 g/mol. The van der Waals surface area contributed by atoms with Gasteiger partial charge in [0.05, 0.1) is 6.61 Å². The Morgan fingerprint density at radius 3 is 2.69 bits per heavy atom. The SMILES string of the molecule is CCOc1ccc(CCN(C)CS)cc1C. The lowest BCUT2D eigenvalue weighted by Crippen LogP contribution is -2.19. The van der Waals surface area contributed by atoms with Crippen LogP contribution in [0.2, 0.25) is 0 Å². The van der Waals surface area contributed by atoms with Crippen molar-refractivity contribution in [2.75, 3.05) is 26.1 Å². The highest BCUT2D eigenvalue weighted by Gasteiger charge is 2.02.